The Morgan fingerprint density at radius 2 is 2.16 bits per heavy atom. The van der Waals surface area contributed by atoms with E-state index in [1.165, 1.54) is 16.8 Å². The maximum Gasteiger partial charge on any atom is 0.141 e. The van der Waals surface area contributed by atoms with Gasteiger partial charge in [0.2, 0.25) is 0 Å². The van der Waals surface area contributed by atoms with E-state index in [-0.39, 0.29) is 6.04 Å². The maximum absolute atomic E-state index is 6.17. The highest BCUT2D eigenvalue weighted by Crippen LogP contribution is 2.30. The molecule has 102 valence electrons. The van der Waals surface area contributed by atoms with Gasteiger partial charge in [-0.3, -0.25) is 0 Å². The number of aryl methyl sites for hydroxylation is 2. The molecule has 2 N–H and O–H groups in total. The highest BCUT2D eigenvalue weighted by Gasteiger charge is 2.24. The molecule has 1 saturated heterocycles. The van der Waals surface area contributed by atoms with Crippen molar-refractivity contribution >= 4 is 16.7 Å². The predicted octanol–water partition coefficient (Wildman–Crippen LogP) is 2.06. The Hall–Kier alpha value is -1.55. The molecule has 0 bridgehead atoms. The zero-order chi connectivity index (χ0) is 13.6. The minimum atomic E-state index is 0.275. The molecule has 1 fully saturated rings. The summed E-state index contributed by atoms with van der Waals surface area (Å²) in [7, 11) is 2.07. The van der Waals surface area contributed by atoms with Gasteiger partial charge in [0.1, 0.15) is 5.65 Å². The third-order valence-corrected chi connectivity index (χ3v) is 4.18. The van der Waals surface area contributed by atoms with Crippen LogP contribution in [0.4, 0.5) is 5.69 Å². The molecule has 2 aromatic heterocycles. The standard InChI is InChI=1S/C15H22N4/c1-10-6-12(16)9-19(8-10)14-4-5-17-15-13(14)7-11(2)18(15)3/h4-5,7,10,12H,6,8-9,16H2,1-3H3/t10-,12+/m0/s1. The van der Waals surface area contributed by atoms with Gasteiger partial charge in [0.25, 0.3) is 0 Å². The normalized spacial score (nSPS) is 24.1. The second-order valence-corrected chi connectivity index (χ2v) is 5.92. The van der Waals surface area contributed by atoms with Gasteiger partial charge in [-0.05, 0) is 31.4 Å². The molecule has 0 aromatic carbocycles. The van der Waals surface area contributed by atoms with E-state index >= 15 is 0 Å². The Balaban J connectivity index is 2.07. The Kier molecular flexibility index (Phi) is 2.97. The number of nitrogens with zero attached hydrogens (tertiary/aromatic N) is 3. The van der Waals surface area contributed by atoms with Crippen LogP contribution >= 0.6 is 0 Å². The molecule has 4 heteroatoms. The monoisotopic (exact) mass is 258 g/mol. The Bertz CT molecular complexity index is 591. The number of fused-ring (bicyclic) bond motifs is 1. The number of pyridine rings is 1. The fourth-order valence-electron chi connectivity index (χ4n) is 3.20. The van der Waals surface area contributed by atoms with E-state index in [9.17, 15) is 0 Å². The molecule has 19 heavy (non-hydrogen) atoms. The van der Waals surface area contributed by atoms with Crippen LogP contribution in [0.3, 0.4) is 0 Å². The zero-order valence-corrected chi connectivity index (χ0v) is 11.9. The van der Waals surface area contributed by atoms with Crippen LogP contribution in [0.15, 0.2) is 18.3 Å². The van der Waals surface area contributed by atoms with Crippen molar-refractivity contribution in [3.05, 3.63) is 24.0 Å². The van der Waals surface area contributed by atoms with Gasteiger partial charge in [-0.2, -0.15) is 0 Å². The molecule has 2 atom stereocenters. The average molecular weight is 258 g/mol. The molecule has 3 heterocycles. The van der Waals surface area contributed by atoms with Gasteiger partial charge in [-0.1, -0.05) is 6.92 Å². The molecule has 0 amide bonds. The summed E-state index contributed by atoms with van der Waals surface area (Å²) in [5, 5.41) is 1.24. The van der Waals surface area contributed by atoms with Crippen LogP contribution in [0, 0.1) is 12.8 Å². The second-order valence-electron chi connectivity index (χ2n) is 5.92. The molecule has 0 unspecified atom stereocenters. The van der Waals surface area contributed by atoms with Gasteiger partial charge in [-0.15, -0.1) is 0 Å². The number of nitrogens with two attached hydrogens (primary N) is 1. The summed E-state index contributed by atoms with van der Waals surface area (Å²) >= 11 is 0. The van der Waals surface area contributed by atoms with Crippen molar-refractivity contribution in [2.45, 2.75) is 26.3 Å². The van der Waals surface area contributed by atoms with Gasteiger partial charge in [-0.25, -0.2) is 4.98 Å². The molecule has 0 radical (unpaired) electrons. The van der Waals surface area contributed by atoms with E-state index in [4.69, 9.17) is 5.73 Å². The molecule has 0 aliphatic carbocycles. The molecule has 3 rings (SSSR count). The van der Waals surface area contributed by atoms with Crippen molar-refractivity contribution < 1.29 is 0 Å². The fourth-order valence-corrected chi connectivity index (χ4v) is 3.20. The lowest BCUT2D eigenvalue weighted by molar-refractivity contribution is 0.402. The topological polar surface area (TPSA) is 47.1 Å². The van der Waals surface area contributed by atoms with E-state index < -0.39 is 0 Å². The quantitative estimate of drug-likeness (QED) is 0.851. The Morgan fingerprint density at radius 1 is 1.37 bits per heavy atom. The first kappa shape index (κ1) is 12.5. The number of hydrogen-bond acceptors (Lipinski definition) is 3. The molecule has 0 spiro atoms. The van der Waals surface area contributed by atoms with E-state index in [1.807, 2.05) is 6.20 Å². The maximum atomic E-state index is 6.17. The van der Waals surface area contributed by atoms with E-state index in [1.54, 1.807) is 0 Å². The largest absolute Gasteiger partial charge is 0.369 e. The van der Waals surface area contributed by atoms with Crippen LogP contribution in [0.2, 0.25) is 0 Å². The lowest BCUT2D eigenvalue weighted by atomic mass is 9.96. The van der Waals surface area contributed by atoms with Crippen LogP contribution in [0.25, 0.3) is 11.0 Å². The Morgan fingerprint density at radius 3 is 2.89 bits per heavy atom. The third kappa shape index (κ3) is 2.10. The first-order chi connectivity index (χ1) is 9.06. The van der Waals surface area contributed by atoms with Crippen LogP contribution in [0.5, 0.6) is 0 Å². The zero-order valence-electron chi connectivity index (χ0n) is 11.9. The fraction of sp³-hybridized carbons (Fsp3) is 0.533. The first-order valence-electron chi connectivity index (χ1n) is 6.98. The summed E-state index contributed by atoms with van der Waals surface area (Å²) in [6.45, 7) is 6.43. The summed E-state index contributed by atoms with van der Waals surface area (Å²) in [4.78, 5) is 6.92. The third-order valence-electron chi connectivity index (χ3n) is 4.18. The molecule has 0 saturated carbocycles. The van der Waals surface area contributed by atoms with E-state index in [0.29, 0.717) is 5.92 Å². The summed E-state index contributed by atoms with van der Waals surface area (Å²) in [6, 6.07) is 4.62. The molecule has 1 aliphatic heterocycles. The summed E-state index contributed by atoms with van der Waals surface area (Å²) in [6.07, 6.45) is 3.03. The van der Waals surface area contributed by atoms with Gasteiger partial charge in [0.05, 0.1) is 0 Å². The number of anilines is 1. The van der Waals surface area contributed by atoms with Crippen molar-refractivity contribution in [2.24, 2.45) is 18.7 Å². The minimum Gasteiger partial charge on any atom is -0.369 e. The van der Waals surface area contributed by atoms with Crippen LogP contribution in [0.1, 0.15) is 19.0 Å². The van der Waals surface area contributed by atoms with Gasteiger partial charge < -0.3 is 15.2 Å². The van der Waals surface area contributed by atoms with Crippen LogP contribution < -0.4 is 10.6 Å². The van der Waals surface area contributed by atoms with Gasteiger partial charge in [0.15, 0.2) is 0 Å². The van der Waals surface area contributed by atoms with Gasteiger partial charge in [0, 0.05) is 49.1 Å². The summed E-state index contributed by atoms with van der Waals surface area (Å²) in [5.41, 5.74) is 9.74. The molecule has 1 aliphatic rings. The van der Waals surface area contributed by atoms with Crippen LogP contribution in [-0.4, -0.2) is 28.7 Å². The number of aromatic nitrogens is 2. The van der Waals surface area contributed by atoms with Gasteiger partial charge >= 0.3 is 0 Å². The highest BCUT2D eigenvalue weighted by molar-refractivity contribution is 5.91. The number of piperidine rings is 1. The molecular formula is C15H22N4. The van der Waals surface area contributed by atoms with E-state index in [2.05, 4.69) is 47.5 Å². The van der Waals surface area contributed by atoms with Crippen LogP contribution in [-0.2, 0) is 7.05 Å². The first-order valence-corrected chi connectivity index (χ1v) is 6.98. The second kappa shape index (κ2) is 4.53. The lowest BCUT2D eigenvalue weighted by Gasteiger charge is -2.36. The lowest BCUT2D eigenvalue weighted by Crippen LogP contribution is -2.46. The predicted molar refractivity (Wildman–Crippen MR) is 79.4 cm³/mol. The van der Waals surface area contributed by atoms with Crippen molar-refractivity contribution in [1.82, 2.24) is 9.55 Å². The molecular weight excluding hydrogens is 236 g/mol. The van der Waals surface area contributed by atoms with E-state index in [0.717, 1.165) is 25.2 Å². The van der Waals surface area contributed by atoms with Crippen molar-refractivity contribution in [3.63, 3.8) is 0 Å². The summed E-state index contributed by atoms with van der Waals surface area (Å²) in [5.74, 6) is 0.650. The molecule has 4 nitrogen and oxygen atoms in total. The number of rotatable bonds is 1. The average Bonchev–Trinajstić information content (AvgIpc) is 2.64. The number of hydrogen-bond donors (Lipinski definition) is 1. The van der Waals surface area contributed by atoms with Crippen molar-refractivity contribution in [1.29, 1.82) is 0 Å². The highest BCUT2D eigenvalue weighted by atomic mass is 15.2. The Labute approximate surface area is 114 Å². The SMILES string of the molecule is Cc1cc2c(N3C[C@@H](C)C[C@@H](N)C3)ccnc2n1C. The van der Waals surface area contributed by atoms with Crippen molar-refractivity contribution in [2.75, 3.05) is 18.0 Å². The minimum absolute atomic E-state index is 0.275. The smallest absolute Gasteiger partial charge is 0.141 e. The molecule has 2 aromatic rings. The summed E-state index contributed by atoms with van der Waals surface area (Å²) < 4.78 is 2.14. The van der Waals surface area contributed by atoms with Crippen molar-refractivity contribution in [3.8, 4) is 0 Å².